The van der Waals surface area contributed by atoms with Crippen molar-refractivity contribution < 1.29 is 0 Å². The minimum Gasteiger partial charge on any atom is -0.313 e. The van der Waals surface area contributed by atoms with Crippen LogP contribution in [0.1, 0.15) is 62.5 Å². The zero-order valence-electron chi connectivity index (χ0n) is 13.3. The van der Waals surface area contributed by atoms with Crippen molar-refractivity contribution in [1.29, 1.82) is 0 Å². The lowest BCUT2D eigenvalue weighted by Crippen LogP contribution is -2.36. The van der Waals surface area contributed by atoms with Gasteiger partial charge in [0.1, 0.15) is 0 Å². The van der Waals surface area contributed by atoms with Gasteiger partial charge in [-0.3, -0.25) is 0 Å². The highest BCUT2D eigenvalue weighted by molar-refractivity contribution is 7.99. The molecule has 0 saturated heterocycles. The molecule has 0 amide bonds. The van der Waals surface area contributed by atoms with Crippen LogP contribution in [0.15, 0.2) is 24.3 Å². The first-order valence-electron chi connectivity index (χ1n) is 8.79. The molecule has 1 nitrogen and oxygen atoms in total. The van der Waals surface area contributed by atoms with Gasteiger partial charge in [-0.05, 0) is 55.7 Å². The monoisotopic (exact) mass is 303 g/mol. The van der Waals surface area contributed by atoms with E-state index in [4.69, 9.17) is 0 Å². The van der Waals surface area contributed by atoms with Crippen molar-refractivity contribution in [2.24, 2.45) is 0 Å². The van der Waals surface area contributed by atoms with E-state index in [0.717, 1.165) is 11.2 Å². The molecule has 2 atom stereocenters. The third kappa shape index (κ3) is 4.04. The number of hydrogen-bond donors (Lipinski definition) is 1. The van der Waals surface area contributed by atoms with Crippen molar-refractivity contribution in [2.75, 3.05) is 12.3 Å². The fourth-order valence-corrected chi connectivity index (χ4v) is 5.21. The van der Waals surface area contributed by atoms with Gasteiger partial charge in [0.25, 0.3) is 0 Å². The Kier molecular flexibility index (Phi) is 5.65. The van der Waals surface area contributed by atoms with Crippen molar-refractivity contribution in [1.82, 2.24) is 5.32 Å². The van der Waals surface area contributed by atoms with Crippen LogP contribution in [-0.2, 0) is 6.42 Å². The highest BCUT2D eigenvalue weighted by Gasteiger charge is 2.28. The third-order valence-corrected chi connectivity index (χ3v) is 6.59. The number of nitrogens with one attached hydrogen (secondary N) is 1. The first kappa shape index (κ1) is 15.4. The zero-order chi connectivity index (χ0) is 14.5. The Bertz CT molecular complexity index is 439. The lowest BCUT2D eigenvalue weighted by molar-refractivity contribution is 0.444. The number of thioether (sulfide) groups is 1. The summed E-state index contributed by atoms with van der Waals surface area (Å²) in [5.74, 6) is 2.11. The van der Waals surface area contributed by atoms with E-state index in [1.807, 2.05) is 0 Å². The molecular weight excluding hydrogens is 274 g/mol. The van der Waals surface area contributed by atoms with Gasteiger partial charge < -0.3 is 5.32 Å². The SMILES string of the molecule is CCCNC(CSC1CCCC1)CC1Cc2ccccc21. The quantitative estimate of drug-likeness (QED) is 0.743. The van der Waals surface area contributed by atoms with E-state index in [1.54, 1.807) is 11.1 Å². The predicted octanol–water partition coefficient (Wildman–Crippen LogP) is 4.76. The van der Waals surface area contributed by atoms with E-state index in [1.165, 1.54) is 57.2 Å². The van der Waals surface area contributed by atoms with Crippen LogP contribution in [0.2, 0.25) is 0 Å². The highest BCUT2D eigenvalue weighted by Crippen LogP contribution is 2.39. The zero-order valence-corrected chi connectivity index (χ0v) is 14.1. The Morgan fingerprint density at radius 1 is 1.24 bits per heavy atom. The minimum atomic E-state index is 0.703. The summed E-state index contributed by atoms with van der Waals surface area (Å²) in [4.78, 5) is 0. The van der Waals surface area contributed by atoms with Gasteiger partial charge in [0.05, 0.1) is 0 Å². The molecule has 0 aliphatic heterocycles. The Morgan fingerprint density at radius 2 is 2.05 bits per heavy atom. The molecule has 0 spiro atoms. The number of hydrogen-bond acceptors (Lipinski definition) is 2. The number of benzene rings is 1. The van der Waals surface area contributed by atoms with Crippen molar-refractivity contribution in [2.45, 2.75) is 69.1 Å². The summed E-state index contributed by atoms with van der Waals surface area (Å²) in [7, 11) is 0. The maximum absolute atomic E-state index is 3.80. The summed E-state index contributed by atoms with van der Waals surface area (Å²) < 4.78 is 0. The second-order valence-corrected chi connectivity index (χ2v) is 8.06. The van der Waals surface area contributed by atoms with E-state index < -0.39 is 0 Å². The summed E-state index contributed by atoms with van der Waals surface area (Å²) in [6, 6.07) is 9.72. The molecule has 1 saturated carbocycles. The van der Waals surface area contributed by atoms with Crippen LogP contribution in [0.5, 0.6) is 0 Å². The summed E-state index contributed by atoms with van der Waals surface area (Å²) in [5, 5.41) is 4.75. The molecule has 116 valence electrons. The van der Waals surface area contributed by atoms with Gasteiger partial charge in [-0.1, -0.05) is 44.0 Å². The molecule has 0 radical (unpaired) electrons. The van der Waals surface area contributed by atoms with Crippen LogP contribution >= 0.6 is 11.8 Å². The van der Waals surface area contributed by atoms with Crippen LogP contribution in [0.25, 0.3) is 0 Å². The van der Waals surface area contributed by atoms with Gasteiger partial charge in [0.15, 0.2) is 0 Å². The average Bonchev–Trinajstić information content (AvgIpc) is 3.00. The van der Waals surface area contributed by atoms with E-state index >= 15 is 0 Å². The molecule has 21 heavy (non-hydrogen) atoms. The molecule has 2 unspecified atom stereocenters. The van der Waals surface area contributed by atoms with Crippen molar-refractivity contribution in [3.63, 3.8) is 0 Å². The fraction of sp³-hybridized carbons (Fsp3) is 0.684. The van der Waals surface area contributed by atoms with Crippen molar-refractivity contribution in [3.05, 3.63) is 35.4 Å². The Hall–Kier alpha value is -0.470. The summed E-state index contributed by atoms with van der Waals surface area (Å²) in [6.07, 6.45) is 9.70. The average molecular weight is 304 g/mol. The van der Waals surface area contributed by atoms with Crippen LogP contribution < -0.4 is 5.32 Å². The molecule has 1 fully saturated rings. The maximum Gasteiger partial charge on any atom is 0.0164 e. The van der Waals surface area contributed by atoms with Crippen LogP contribution in [0.4, 0.5) is 0 Å². The van der Waals surface area contributed by atoms with Crippen LogP contribution in [0.3, 0.4) is 0 Å². The number of fused-ring (bicyclic) bond motifs is 1. The second-order valence-electron chi connectivity index (χ2n) is 6.73. The van der Waals surface area contributed by atoms with Crippen LogP contribution in [0, 0.1) is 0 Å². The molecule has 2 heteroatoms. The van der Waals surface area contributed by atoms with Crippen molar-refractivity contribution in [3.8, 4) is 0 Å². The molecular formula is C19H29NS. The predicted molar refractivity (Wildman–Crippen MR) is 94.3 cm³/mol. The van der Waals surface area contributed by atoms with Gasteiger partial charge in [0, 0.05) is 17.0 Å². The van der Waals surface area contributed by atoms with E-state index in [9.17, 15) is 0 Å². The molecule has 1 N–H and O–H groups in total. The molecule has 0 heterocycles. The minimum absolute atomic E-state index is 0.703. The number of rotatable bonds is 8. The Morgan fingerprint density at radius 3 is 2.81 bits per heavy atom. The van der Waals surface area contributed by atoms with Gasteiger partial charge in [-0.25, -0.2) is 0 Å². The summed E-state index contributed by atoms with van der Waals surface area (Å²) >= 11 is 2.24. The first-order chi connectivity index (χ1) is 10.4. The molecule has 1 aromatic carbocycles. The standard InChI is InChI=1S/C19H29NS/c1-2-11-20-17(14-21-18-8-4-5-9-18)13-16-12-15-7-3-6-10-19(15)16/h3,6-7,10,16-18,20H,2,4-5,8-9,11-14H2,1H3. The normalized spacial score (nSPS) is 22.8. The van der Waals surface area contributed by atoms with Gasteiger partial charge in [-0.2, -0.15) is 11.8 Å². The van der Waals surface area contributed by atoms with E-state index in [-0.39, 0.29) is 0 Å². The smallest absolute Gasteiger partial charge is 0.0164 e. The molecule has 3 rings (SSSR count). The maximum atomic E-state index is 3.80. The molecule has 1 aromatic rings. The third-order valence-electron chi connectivity index (χ3n) is 5.05. The van der Waals surface area contributed by atoms with Gasteiger partial charge in [0.2, 0.25) is 0 Å². The lowest BCUT2D eigenvalue weighted by atomic mass is 9.74. The Balaban J connectivity index is 1.50. The lowest BCUT2D eigenvalue weighted by Gasteiger charge is -2.33. The molecule has 2 aliphatic rings. The molecule has 2 aliphatic carbocycles. The molecule has 0 aromatic heterocycles. The van der Waals surface area contributed by atoms with Gasteiger partial charge in [-0.15, -0.1) is 0 Å². The summed E-state index contributed by atoms with van der Waals surface area (Å²) in [5.41, 5.74) is 3.20. The van der Waals surface area contributed by atoms with Gasteiger partial charge >= 0.3 is 0 Å². The largest absolute Gasteiger partial charge is 0.313 e. The second kappa shape index (κ2) is 7.69. The summed E-state index contributed by atoms with van der Waals surface area (Å²) in [6.45, 7) is 3.44. The first-order valence-corrected chi connectivity index (χ1v) is 9.84. The van der Waals surface area contributed by atoms with E-state index in [0.29, 0.717) is 6.04 Å². The van der Waals surface area contributed by atoms with Crippen LogP contribution in [-0.4, -0.2) is 23.6 Å². The highest BCUT2D eigenvalue weighted by atomic mass is 32.2. The van der Waals surface area contributed by atoms with Crippen molar-refractivity contribution >= 4 is 11.8 Å². The topological polar surface area (TPSA) is 12.0 Å². The van der Waals surface area contributed by atoms with E-state index in [2.05, 4.69) is 48.3 Å². The Labute approximate surface area is 134 Å². The fourth-order valence-electron chi connectivity index (χ4n) is 3.78. The molecule has 0 bridgehead atoms.